The van der Waals surface area contributed by atoms with Crippen LogP contribution in [0.5, 0.6) is 23.0 Å². The van der Waals surface area contributed by atoms with Crippen molar-refractivity contribution < 1.29 is 24.1 Å². The molecule has 7 rings (SSSR count). The first-order valence-electron chi connectivity index (χ1n) is 14.9. The zero-order chi connectivity index (χ0) is 30.8. The number of methoxy groups -OCH3 is 2. The topological polar surface area (TPSA) is 82.1 Å². The van der Waals surface area contributed by atoms with Gasteiger partial charge in [-0.05, 0) is 90.2 Å². The van der Waals surface area contributed by atoms with Gasteiger partial charge in [0.1, 0.15) is 23.5 Å². The van der Waals surface area contributed by atoms with Crippen LogP contribution in [0.15, 0.2) is 114 Å². The van der Waals surface area contributed by atoms with Gasteiger partial charge in [-0.25, -0.2) is 4.98 Å². The third kappa shape index (κ3) is 6.03. The fraction of sp³-hybridized carbons (Fsp3) is 0.216. The van der Waals surface area contributed by atoms with Gasteiger partial charge in [0.15, 0.2) is 11.5 Å². The van der Waals surface area contributed by atoms with E-state index in [-0.39, 0.29) is 17.5 Å². The maximum atomic E-state index is 11.3. The van der Waals surface area contributed by atoms with Crippen LogP contribution in [0.3, 0.4) is 0 Å². The molecule has 0 spiro atoms. The molecule has 0 bridgehead atoms. The Morgan fingerprint density at radius 1 is 0.778 bits per heavy atom. The summed E-state index contributed by atoms with van der Waals surface area (Å²) in [5.74, 6) is 3.77. The van der Waals surface area contributed by atoms with Crippen molar-refractivity contribution in [3.8, 4) is 34.3 Å². The smallest absolute Gasteiger partial charge is 0.231 e. The molecule has 1 saturated carbocycles. The van der Waals surface area contributed by atoms with Gasteiger partial charge in [0.25, 0.3) is 0 Å². The summed E-state index contributed by atoms with van der Waals surface area (Å²) >= 11 is 1.79. The Morgan fingerprint density at radius 2 is 1.42 bits per heavy atom. The highest BCUT2D eigenvalue weighted by Crippen LogP contribution is 2.53. The molecule has 2 aliphatic rings. The van der Waals surface area contributed by atoms with Crippen LogP contribution in [0.25, 0.3) is 11.3 Å². The molecular weight excluding hydrogens is 584 g/mol. The largest absolute Gasteiger partial charge is 0.497 e. The van der Waals surface area contributed by atoms with E-state index in [1.54, 1.807) is 26.0 Å². The zero-order valence-corrected chi connectivity index (χ0v) is 25.9. The first-order chi connectivity index (χ1) is 22.0. The Kier molecular flexibility index (Phi) is 8.00. The summed E-state index contributed by atoms with van der Waals surface area (Å²) in [4.78, 5) is 5.99. The number of hydrogen-bond donors (Lipinski definition) is 2. The zero-order valence-electron chi connectivity index (χ0n) is 25.1. The number of rotatable bonds is 11. The molecule has 7 nitrogen and oxygen atoms in total. The summed E-state index contributed by atoms with van der Waals surface area (Å²) in [5.41, 5.74) is 4.87. The molecule has 0 radical (unpaired) electrons. The molecule has 45 heavy (non-hydrogen) atoms. The number of aliphatic hydroxyl groups is 1. The van der Waals surface area contributed by atoms with E-state index in [0.717, 1.165) is 57.6 Å². The average Bonchev–Trinajstić information content (AvgIpc) is 3.78. The first-order valence-corrected chi connectivity index (χ1v) is 15.8. The fourth-order valence-electron chi connectivity index (χ4n) is 5.74. The van der Waals surface area contributed by atoms with E-state index in [0.29, 0.717) is 5.82 Å². The van der Waals surface area contributed by atoms with Crippen molar-refractivity contribution in [3.63, 3.8) is 0 Å². The minimum Gasteiger partial charge on any atom is -0.497 e. The number of aliphatic hydroxyl groups excluding tert-OH is 1. The van der Waals surface area contributed by atoms with Gasteiger partial charge in [-0.1, -0.05) is 48.5 Å². The summed E-state index contributed by atoms with van der Waals surface area (Å²) in [6.07, 6.45) is 0.980. The van der Waals surface area contributed by atoms with Crippen molar-refractivity contribution in [1.29, 1.82) is 0 Å². The Hall–Kier alpha value is -4.66. The van der Waals surface area contributed by atoms with E-state index in [1.807, 2.05) is 60.7 Å². The van der Waals surface area contributed by atoms with Gasteiger partial charge in [0.05, 0.1) is 25.2 Å². The van der Waals surface area contributed by atoms with Crippen molar-refractivity contribution in [3.05, 3.63) is 126 Å². The highest BCUT2D eigenvalue weighted by molar-refractivity contribution is 7.99. The number of hydrogen-bond acceptors (Lipinski definition) is 8. The van der Waals surface area contributed by atoms with Crippen molar-refractivity contribution in [1.82, 2.24) is 4.98 Å². The van der Waals surface area contributed by atoms with Gasteiger partial charge in [0, 0.05) is 15.9 Å². The highest BCUT2D eigenvalue weighted by atomic mass is 32.2. The van der Waals surface area contributed by atoms with E-state index in [2.05, 4.69) is 53.8 Å². The van der Waals surface area contributed by atoms with E-state index in [4.69, 9.17) is 23.9 Å². The SMILES string of the molecule is COc1ccc(C(Sc2ccc(-c3cccc(NC(O)C4(c5ccc6c(c5)OCO6)CC4)n3)cc2)c2ccc(OC)cc2)cc1. The lowest BCUT2D eigenvalue weighted by Gasteiger charge is -2.24. The van der Waals surface area contributed by atoms with E-state index >= 15 is 0 Å². The van der Waals surface area contributed by atoms with Crippen LogP contribution in [0, 0.1) is 0 Å². The summed E-state index contributed by atoms with van der Waals surface area (Å²) in [7, 11) is 3.36. The van der Waals surface area contributed by atoms with E-state index in [1.165, 1.54) is 11.1 Å². The van der Waals surface area contributed by atoms with Crippen molar-refractivity contribution in [2.75, 3.05) is 26.3 Å². The van der Waals surface area contributed by atoms with E-state index in [9.17, 15) is 5.11 Å². The lowest BCUT2D eigenvalue weighted by atomic mass is 9.93. The van der Waals surface area contributed by atoms with Crippen LogP contribution in [0.4, 0.5) is 5.82 Å². The summed E-state index contributed by atoms with van der Waals surface area (Å²) in [6.45, 7) is 0.231. The van der Waals surface area contributed by atoms with Crippen LogP contribution in [0.2, 0.25) is 0 Å². The van der Waals surface area contributed by atoms with Gasteiger partial charge >= 0.3 is 0 Å². The second-order valence-corrected chi connectivity index (χ2v) is 12.4. The lowest BCUT2D eigenvalue weighted by molar-refractivity contribution is 0.158. The molecule has 1 unspecified atom stereocenters. The first kappa shape index (κ1) is 29.1. The molecule has 0 amide bonds. The monoisotopic (exact) mass is 618 g/mol. The summed E-state index contributed by atoms with van der Waals surface area (Å²) < 4.78 is 21.8. The number of benzene rings is 4. The Labute approximate surface area is 267 Å². The number of nitrogens with zero attached hydrogens (tertiary/aromatic N) is 1. The van der Waals surface area contributed by atoms with Crippen molar-refractivity contribution >= 4 is 17.6 Å². The predicted octanol–water partition coefficient (Wildman–Crippen LogP) is 7.84. The third-order valence-corrected chi connectivity index (χ3v) is 9.86. The summed E-state index contributed by atoms with van der Waals surface area (Å²) in [6, 6.07) is 36.7. The normalized spacial score (nSPS) is 15.0. The van der Waals surface area contributed by atoms with Crippen molar-refractivity contribution in [2.24, 2.45) is 0 Å². The maximum absolute atomic E-state index is 11.3. The number of anilines is 1. The van der Waals surface area contributed by atoms with Crippen LogP contribution < -0.4 is 24.3 Å². The minimum atomic E-state index is -0.785. The quantitative estimate of drug-likeness (QED) is 0.114. The van der Waals surface area contributed by atoms with Gasteiger partial charge in [-0.2, -0.15) is 0 Å². The standard InChI is InChI=1S/C37H34N2O5S/c1-41-28-13-6-25(7-14-28)35(26-8-15-29(42-2)16-9-26)45-30-17-10-24(11-18-30)31-4-3-5-34(38-31)39-36(40)37(20-21-37)27-12-19-32-33(22-27)44-23-43-32/h3-19,22,35-36,40H,20-21,23H2,1-2H3,(H,38,39). The molecule has 1 aliphatic heterocycles. The molecule has 2 N–H and O–H groups in total. The van der Waals surface area contributed by atoms with Crippen LogP contribution in [-0.4, -0.2) is 37.3 Å². The summed E-state index contributed by atoms with van der Waals surface area (Å²) in [5, 5.41) is 14.6. The molecule has 8 heteroatoms. The molecule has 1 fully saturated rings. The molecule has 2 heterocycles. The molecule has 1 aromatic heterocycles. The maximum Gasteiger partial charge on any atom is 0.231 e. The molecule has 228 valence electrons. The Bertz CT molecular complexity index is 1730. The molecule has 0 saturated heterocycles. The van der Waals surface area contributed by atoms with Gasteiger partial charge in [0.2, 0.25) is 6.79 Å². The number of aromatic nitrogens is 1. The fourth-order valence-corrected chi connectivity index (χ4v) is 6.89. The van der Waals surface area contributed by atoms with Crippen molar-refractivity contribution in [2.45, 2.75) is 34.6 Å². The predicted molar refractivity (Wildman–Crippen MR) is 176 cm³/mol. The minimum absolute atomic E-state index is 0.0827. The van der Waals surface area contributed by atoms with Gasteiger partial charge < -0.3 is 29.4 Å². The average molecular weight is 619 g/mol. The Morgan fingerprint density at radius 3 is 2.04 bits per heavy atom. The number of thioether (sulfide) groups is 1. The molecule has 1 atom stereocenters. The lowest BCUT2D eigenvalue weighted by Crippen LogP contribution is -2.33. The molecule has 4 aromatic carbocycles. The second-order valence-electron chi connectivity index (χ2n) is 11.2. The highest BCUT2D eigenvalue weighted by Gasteiger charge is 2.51. The number of nitrogens with one attached hydrogen (secondary N) is 1. The molecule has 1 aliphatic carbocycles. The number of ether oxygens (including phenoxy) is 4. The third-order valence-electron chi connectivity index (χ3n) is 8.53. The van der Waals surface area contributed by atoms with Crippen LogP contribution >= 0.6 is 11.8 Å². The number of pyridine rings is 1. The molecule has 5 aromatic rings. The van der Waals surface area contributed by atoms with Gasteiger partial charge in [-0.3, -0.25) is 0 Å². The van der Waals surface area contributed by atoms with Crippen LogP contribution in [0.1, 0.15) is 34.8 Å². The molecular formula is C37H34N2O5S. The van der Waals surface area contributed by atoms with Gasteiger partial charge in [-0.15, -0.1) is 11.8 Å². The van der Waals surface area contributed by atoms with Crippen LogP contribution in [-0.2, 0) is 5.41 Å². The number of fused-ring (bicyclic) bond motifs is 1. The second kappa shape index (κ2) is 12.4. The Balaban J connectivity index is 1.07. The van der Waals surface area contributed by atoms with E-state index < -0.39 is 6.23 Å².